The topological polar surface area (TPSA) is 157 Å². The molecule has 1 aromatic heterocycles. The molecule has 51 heavy (non-hydrogen) atoms. The maximum absolute atomic E-state index is 13.8. The summed E-state index contributed by atoms with van der Waals surface area (Å²) in [6.45, 7) is 1.79. The second kappa shape index (κ2) is 15.2. The molecule has 2 amide bonds. The number of methoxy groups -OCH3 is 1. The normalized spacial score (nSPS) is 14.5. The third kappa shape index (κ3) is 8.22. The van der Waals surface area contributed by atoms with E-state index in [0.29, 0.717) is 41.1 Å². The molecule has 0 unspecified atom stereocenters. The number of carbonyl (C=O) groups excluding carboxylic acids is 4. The Bertz CT molecular complexity index is 2070. The molecule has 1 saturated carbocycles. The number of fused-ring (bicyclic) bond motifs is 1. The summed E-state index contributed by atoms with van der Waals surface area (Å²) in [7, 11) is -2.79. The van der Waals surface area contributed by atoms with Gasteiger partial charge in [0, 0.05) is 16.1 Å². The lowest BCUT2D eigenvalue weighted by atomic mass is 9.95. The van der Waals surface area contributed by atoms with Gasteiger partial charge in [-0.1, -0.05) is 30.3 Å². The van der Waals surface area contributed by atoms with Gasteiger partial charge in [0.1, 0.15) is 10.5 Å². The Morgan fingerprint density at radius 2 is 1.49 bits per heavy atom. The van der Waals surface area contributed by atoms with Crippen LogP contribution in [0.1, 0.15) is 85.2 Å². The summed E-state index contributed by atoms with van der Waals surface area (Å²) >= 11 is 1.37. The number of rotatable bonds is 13. The molecule has 13 heteroatoms. The molecule has 0 bridgehead atoms. The number of aryl methyl sites for hydroxylation is 3. The minimum atomic E-state index is -4.14. The van der Waals surface area contributed by atoms with Crippen LogP contribution >= 0.6 is 11.3 Å². The number of esters is 2. The van der Waals surface area contributed by atoms with E-state index in [-0.39, 0.29) is 28.9 Å². The van der Waals surface area contributed by atoms with Crippen LogP contribution in [-0.2, 0) is 50.0 Å². The molecule has 6 rings (SSSR count). The van der Waals surface area contributed by atoms with Crippen LogP contribution in [0.3, 0.4) is 0 Å². The third-order valence-corrected chi connectivity index (χ3v) is 11.8. The Hall–Kier alpha value is -4.85. The second-order valence-corrected chi connectivity index (χ2v) is 15.4. The Balaban J connectivity index is 1.14. The molecule has 11 nitrogen and oxygen atoms in total. The van der Waals surface area contributed by atoms with Gasteiger partial charge >= 0.3 is 11.9 Å². The molecule has 0 aliphatic heterocycles. The lowest BCUT2D eigenvalue weighted by Crippen LogP contribution is -2.44. The van der Waals surface area contributed by atoms with E-state index in [2.05, 4.69) is 15.4 Å². The minimum absolute atomic E-state index is 0.0894. The largest absolute Gasteiger partial charge is 0.465 e. The van der Waals surface area contributed by atoms with Crippen molar-refractivity contribution < 1.29 is 37.1 Å². The first kappa shape index (κ1) is 36.0. The fourth-order valence-corrected chi connectivity index (χ4v) is 8.84. The van der Waals surface area contributed by atoms with Gasteiger partial charge in [-0.25, -0.2) is 13.2 Å². The fourth-order valence-electron chi connectivity index (χ4n) is 6.09. The molecule has 4 aromatic rings. The van der Waals surface area contributed by atoms with Gasteiger partial charge in [0.05, 0.1) is 29.7 Å². The van der Waals surface area contributed by atoms with Crippen molar-refractivity contribution in [1.82, 2.24) is 4.72 Å². The number of hydrogen-bond acceptors (Lipinski definition) is 9. The van der Waals surface area contributed by atoms with E-state index in [1.165, 1.54) is 42.7 Å². The first-order valence-corrected chi connectivity index (χ1v) is 19.2. The quantitative estimate of drug-likeness (QED) is 0.140. The van der Waals surface area contributed by atoms with Crippen LogP contribution in [0.2, 0.25) is 0 Å². The van der Waals surface area contributed by atoms with E-state index < -0.39 is 27.4 Å². The summed E-state index contributed by atoms with van der Waals surface area (Å²) in [6, 6.07) is 20.5. The summed E-state index contributed by atoms with van der Waals surface area (Å²) in [6.07, 6.45) is 5.64. The number of ether oxygens (including phenoxy) is 2. The smallest absolute Gasteiger partial charge is 0.337 e. The van der Waals surface area contributed by atoms with E-state index in [4.69, 9.17) is 9.47 Å². The molecular formula is C38H39N3O8S2. The molecule has 0 saturated heterocycles. The standard InChI is InChI=1S/C38H39N3O8S2/c1-3-49-37(45)38(21-22-38)41-51(46,47)29-8-6-7-27(23-29)33(42)40-35-32(30-9-4-5-10-31(30)50-35)34(43)39-28-19-15-25(16-20-28)12-11-24-13-17-26(18-14-24)36(44)48-2/h6-8,13-20,23,41H,3-5,9-12,21-22H2,1-2H3,(H,39,43)(H,40,42). The molecule has 3 N–H and O–H groups in total. The SMILES string of the molecule is CCOC(=O)C1(NS(=O)(=O)c2cccc(C(=O)Nc3sc4c(c3C(=O)Nc3ccc(CCc5ccc(C(=O)OC)cc5)cc3)CCCC4)c2)CC1. The van der Waals surface area contributed by atoms with Gasteiger partial charge < -0.3 is 20.1 Å². The molecule has 0 spiro atoms. The number of nitrogens with one attached hydrogen (secondary N) is 3. The second-order valence-electron chi connectivity index (χ2n) is 12.6. The molecule has 266 valence electrons. The summed E-state index contributed by atoms with van der Waals surface area (Å²) in [5, 5.41) is 6.28. The van der Waals surface area contributed by atoms with E-state index in [1.807, 2.05) is 36.4 Å². The van der Waals surface area contributed by atoms with Crippen LogP contribution in [0.15, 0.2) is 77.7 Å². The lowest BCUT2D eigenvalue weighted by Gasteiger charge is -2.16. The maximum atomic E-state index is 13.8. The highest BCUT2D eigenvalue weighted by molar-refractivity contribution is 7.89. The Morgan fingerprint density at radius 1 is 0.824 bits per heavy atom. The molecule has 3 aromatic carbocycles. The van der Waals surface area contributed by atoms with Gasteiger partial charge in [0.2, 0.25) is 10.0 Å². The third-order valence-electron chi connectivity index (χ3n) is 9.07. The molecule has 0 atom stereocenters. The summed E-state index contributed by atoms with van der Waals surface area (Å²) in [5.41, 5.74) is 3.42. The van der Waals surface area contributed by atoms with Crippen molar-refractivity contribution in [3.05, 3.63) is 111 Å². The van der Waals surface area contributed by atoms with Crippen molar-refractivity contribution in [3.63, 3.8) is 0 Å². The monoisotopic (exact) mass is 729 g/mol. The van der Waals surface area contributed by atoms with Crippen LogP contribution < -0.4 is 15.4 Å². The minimum Gasteiger partial charge on any atom is -0.465 e. The van der Waals surface area contributed by atoms with E-state index in [1.54, 1.807) is 19.1 Å². The van der Waals surface area contributed by atoms with E-state index >= 15 is 0 Å². The van der Waals surface area contributed by atoms with E-state index in [0.717, 1.165) is 53.7 Å². The van der Waals surface area contributed by atoms with Crippen LogP contribution in [-0.4, -0.2) is 51.4 Å². The number of benzene rings is 3. The average Bonchev–Trinajstić information content (AvgIpc) is 3.82. The highest BCUT2D eigenvalue weighted by Gasteiger charge is 2.54. The molecular weight excluding hydrogens is 691 g/mol. The van der Waals surface area contributed by atoms with Gasteiger partial charge in [0.25, 0.3) is 11.8 Å². The number of anilines is 2. The Morgan fingerprint density at radius 3 is 2.14 bits per heavy atom. The van der Waals surface area contributed by atoms with Crippen LogP contribution in [0.4, 0.5) is 10.7 Å². The summed E-state index contributed by atoms with van der Waals surface area (Å²) < 4.78 is 38.7. The predicted octanol–water partition coefficient (Wildman–Crippen LogP) is 6.08. The van der Waals surface area contributed by atoms with E-state index in [9.17, 15) is 27.6 Å². The molecule has 2 aliphatic carbocycles. The number of amides is 2. The number of carbonyl (C=O) groups is 4. The molecule has 0 radical (unpaired) electrons. The zero-order chi connectivity index (χ0) is 36.2. The van der Waals surface area contributed by atoms with Gasteiger partial charge in [0.15, 0.2) is 0 Å². The van der Waals surface area contributed by atoms with Gasteiger partial charge in [-0.05, 0) is 117 Å². The van der Waals surface area contributed by atoms with Gasteiger partial charge in [-0.3, -0.25) is 14.4 Å². The van der Waals surface area contributed by atoms with Crippen molar-refractivity contribution in [3.8, 4) is 0 Å². The van der Waals surface area contributed by atoms with Crippen molar-refractivity contribution in [1.29, 1.82) is 0 Å². The van der Waals surface area contributed by atoms with Gasteiger partial charge in [-0.2, -0.15) is 4.72 Å². The van der Waals surface area contributed by atoms with Gasteiger partial charge in [-0.15, -0.1) is 11.3 Å². The Labute approximate surface area is 300 Å². The van der Waals surface area contributed by atoms with Crippen molar-refractivity contribution in [2.75, 3.05) is 24.4 Å². The number of hydrogen-bond donors (Lipinski definition) is 3. The fraction of sp³-hybridized carbons (Fsp3) is 0.316. The van der Waals surface area contributed by atoms with Crippen LogP contribution in [0.25, 0.3) is 0 Å². The predicted molar refractivity (Wildman–Crippen MR) is 194 cm³/mol. The highest BCUT2D eigenvalue weighted by atomic mass is 32.2. The number of thiophene rings is 1. The summed E-state index contributed by atoms with van der Waals surface area (Å²) in [4.78, 5) is 52.3. The molecule has 1 fully saturated rings. The molecule has 1 heterocycles. The van der Waals surface area contributed by atoms with Crippen LogP contribution in [0, 0.1) is 0 Å². The highest BCUT2D eigenvalue weighted by Crippen LogP contribution is 2.40. The first-order chi connectivity index (χ1) is 24.5. The average molecular weight is 730 g/mol. The Kier molecular flexibility index (Phi) is 10.7. The van der Waals surface area contributed by atoms with Crippen LogP contribution in [0.5, 0.6) is 0 Å². The number of sulfonamides is 1. The molecule has 2 aliphatic rings. The first-order valence-electron chi connectivity index (χ1n) is 16.9. The zero-order valence-corrected chi connectivity index (χ0v) is 30.0. The lowest BCUT2D eigenvalue weighted by molar-refractivity contribution is -0.146. The summed E-state index contributed by atoms with van der Waals surface area (Å²) in [5.74, 6) is -1.89. The van der Waals surface area contributed by atoms with Crippen molar-refractivity contribution in [2.45, 2.75) is 68.7 Å². The zero-order valence-electron chi connectivity index (χ0n) is 28.4. The maximum Gasteiger partial charge on any atom is 0.337 e. The van der Waals surface area contributed by atoms with Crippen molar-refractivity contribution in [2.24, 2.45) is 0 Å². The van der Waals surface area contributed by atoms with Crippen molar-refractivity contribution >= 4 is 55.8 Å².